The number of aliphatic carboxylic acids is 1. The first-order valence-electron chi connectivity index (χ1n) is 5.26. The number of carboxylic acids is 1. The van der Waals surface area contributed by atoms with Gasteiger partial charge in [-0.15, -0.1) is 11.3 Å². The Morgan fingerprint density at radius 1 is 1.50 bits per heavy atom. The molecule has 1 amide bonds. The van der Waals surface area contributed by atoms with E-state index in [1.165, 1.54) is 5.38 Å². The first-order valence-corrected chi connectivity index (χ1v) is 8.03. The number of aromatic nitrogens is 1. The number of hydrogen-bond acceptors (Lipinski definition) is 7. The van der Waals surface area contributed by atoms with Crippen molar-refractivity contribution in [1.29, 1.82) is 0 Å². The highest BCUT2D eigenvalue weighted by Crippen LogP contribution is 2.16. The zero-order valence-corrected chi connectivity index (χ0v) is 12.0. The number of carbonyl (C=O) groups is 2. The van der Waals surface area contributed by atoms with Gasteiger partial charge in [-0.05, 0) is 0 Å². The molecule has 0 bridgehead atoms. The topological polar surface area (TPSA) is 146 Å². The number of nitrogens with zero attached hydrogens (tertiary/aromatic N) is 1. The Balaban J connectivity index is 2.61. The van der Waals surface area contributed by atoms with Crippen molar-refractivity contribution in [2.24, 2.45) is 0 Å². The number of aliphatic hydroxyl groups is 1. The molecule has 0 spiro atoms. The molecule has 20 heavy (non-hydrogen) atoms. The number of aliphatic hydroxyl groups excluding tert-OH is 1. The molecular weight excluding hydrogens is 310 g/mol. The molecule has 0 fully saturated rings. The van der Waals surface area contributed by atoms with Gasteiger partial charge < -0.3 is 15.5 Å². The molecule has 11 heteroatoms. The van der Waals surface area contributed by atoms with Gasteiger partial charge in [-0.3, -0.25) is 9.52 Å². The number of hydrogen-bond donors (Lipinski definition) is 4. The van der Waals surface area contributed by atoms with Gasteiger partial charge in [0.15, 0.2) is 5.13 Å². The quantitative estimate of drug-likeness (QED) is 0.483. The van der Waals surface area contributed by atoms with E-state index in [4.69, 9.17) is 10.2 Å². The van der Waals surface area contributed by atoms with Gasteiger partial charge in [0.2, 0.25) is 15.9 Å². The van der Waals surface area contributed by atoms with Gasteiger partial charge >= 0.3 is 5.97 Å². The van der Waals surface area contributed by atoms with Gasteiger partial charge in [-0.25, -0.2) is 18.2 Å². The van der Waals surface area contributed by atoms with Crippen LogP contribution in [0.25, 0.3) is 0 Å². The van der Waals surface area contributed by atoms with E-state index in [1.807, 2.05) is 0 Å². The number of thiazole rings is 1. The summed E-state index contributed by atoms with van der Waals surface area (Å²) in [5.74, 6) is -1.98. The zero-order valence-electron chi connectivity index (χ0n) is 10.4. The van der Waals surface area contributed by atoms with E-state index in [0.29, 0.717) is 5.69 Å². The Labute approximate surface area is 118 Å². The average Bonchev–Trinajstić information content (AvgIpc) is 2.70. The summed E-state index contributed by atoms with van der Waals surface area (Å²) in [5, 5.41) is 21.1. The second kappa shape index (κ2) is 6.63. The summed E-state index contributed by atoms with van der Waals surface area (Å²) in [6.45, 7) is -0.723. The van der Waals surface area contributed by atoms with E-state index in [2.05, 4.69) is 15.0 Å². The molecule has 1 rings (SSSR count). The van der Waals surface area contributed by atoms with Crippen molar-refractivity contribution in [2.75, 3.05) is 17.6 Å². The van der Waals surface area contributed by atoms with Crippen LogP contribution in [0.1, 0.15) is 5.69 Å². The van der Waals surface area contributed by atoms with Crippen LogP contribution in [-0.2, 0) is 26.0 Å². The van der Waals surface area contributed by atoms with Gasteiger partial charge in [-0.2, -0.15) is 0 Å². The van der Waals surface area contributed by atoms with E-state index in [9.17, 15) is 18.0 Å². The SMILES string of the molecule is CS(=O)(=O)Nc1nc(CC(=O)N[C@@H](CO)C(=O)O)cs1. The predicted molar refractivity (Wildman–Crippen MR) is 70.9 cm³/mol. The van der Waals surface area contributed by atoms with Crippen molar-refractivity contribution >= 4 is 38.4 Å². The Hall–Kier alpha value is -1.72. The molecule has 0 unspecified atom stereocenters. The minimum atomic E-state index is -3.44. The van der Waals surface area contributed by atoms with Gasteiger partial charge in [0, 0.05) is 5.38 Å². The highest BCUT2D eigenvalue weighted by atomic mass is 32.2. The fraction of sp³-hybridized carbons (Fsp3) is 0.444. The lowest BCUT2D eigenvalue weighted by Crippen LogP contribution is -2.43. The summed E-state index contributed by atoms with van der Waals surface area (Å²) in [5.41, 5.74) is 0.292. The molecule has 1 aromatic heterocycles. The Morgan fingerprint density at radius 3 is 2.65 bits per heavy atom. The van der Waals surface area contributed by atoms with Gasteiger partial charge in [0.25, 0.3) is 0 Å². The fourth-order valence-electron chi connectivity index (χ4n) is 1.19. The second-order valence-corrected chi connectivity index (χ2v) is 6.44. The molecule has 1 atom stereocenters. The van der Waals surface area contributed by atoms with Crippen LogP contribution < -0.4 is 10.0 Å². The largest absolute Gasteiger partial charge is 0.480 e. The third-order valence-corrected chi connectivity index (χ3v) is 3.48. The Morgan fingerprint density at radius 2 is 2.15 bits per heavy atom. The Kier molecular flexibility index (Phi) is 5.42. The minimum absolute atomic E-state index is 0.118. The average molecular weight is 323 g/mol. The Bertz CT molecular complexity index is 597. The van der Waals surface area contributed by atoms with E-state index in [1.54, 1.807) is 0 Å². The first kappa shape index (κ1) is 16.3. The number of carboxylic acid groups (broad SMARTS) is 1. The van der Waals surface area contributed by atoms with Crippen LogP contribution in [0.2, 0.25) is 0 Å². The van der Waals surface area contributed by atoms with Crippen molar-refractivity contribution < 1.29 is 28.2 Å². The van der Waals surface area contributed by atoms with Gasteiger partial charge in [0.1, 0.15) is 6.04 Å². The van der Waals surface area contributed by atoms with Crippen LogP contribution in [-0.4, -0.2) is 54.4 Å². The van der Waals surface area contributed by atoms with Crippen LogP contribution in [0.4, 0.5) is 5.13 Å². The molecule has 0 radical (unpaired) electrons. The standard InChI is InChI=1S/C9H13N3O6S2/c1-20(17,18)12-9-10-5(4-19-9)2-7(14)11-6(3-13)8(15)16/h4,6,13H,2-3H2,1H3,(H,10,12)(H,11,14)(H,15,16)/t6-/m0/s1. The van der Waals surface area contributed by atoms with E-state index in [-0.39, 0.29) is 11.6 Å². The molecule has 0 aliphatic carbocycles. The lowest BCUT2D eigenvalue weighted by atomic mass is 10.2. The molecule has 4 N–H and O–H groups in total. The van der Waals surface area contributed by atoms with Crippen LogP contribution in [0, 0.1) is 0 Å². The zero-order chi connectivity index (χ0) is 15.3. The fourth-order valence-corrected chi connectivity index (χ4v) is 2.75. The van der Waals surface area contributed by atoms with Crippen LogP contribution >= 0.6 is 11.3 Å². The number of sulfonamides is 1. The molecular formula is C9H13N3O6S2. The smallest absolute Gasteiger partial charge is 0.328 e. The van der Waals surface area contributed by atoms with E-state index >= 15 is 0 Å². The predicted octanol–water partition coefficient (Wildman–Crippen LogP) is -1.38. The monoisotopic (exact) mass is 323 g/mol. The number of rotatable bonds is 7. The van der Waals surface area contributed by atoms with Crippen LogP contribution in [0.3, 0.4) is 0 Å². The highest BCUT2D eigenvalue weighted by molar-refractivity contribution is 7.92. The summed E-state index contributed by atoms with van der Waals surface area (Å²) in [6.07, 6.45) is 0.755. The third kappa shape index (κ3) is 5.50. The maximum absolute atomic E-state index is 11.5. The molecule has 0 aromatic carbocycles. The van der Waals surface area contributed by atoms with Crippen molar-refractivity contribution in [3.05, 3.63) is 11.1 Å². The maximum Gasteiger partial charge on any atom is 0.328 e. The van der Waals surface area contributed by atoms with Gasteiger partial charge in [0.05, 0.1) is 25.0 Å². The second-order valence-electron chi connectivity index (χ2n) is 3.84. The van der Waals surface area contributed by atoms with Crippen molar-refractivity contribution in [3.63, 3.8) is 0 Å². The van der Waals surface area contributed by atoms with E-state index < -0.39 is 34.5 Å². The summed E-state index contributed by atoms with van der Waals surface area (Å²) >= 11 is 1.00. The lowest BCUT2D eigenvalue weighted by Gasteiger charge is -2.10. The molecule has 1 aromatic rings. The summed E-state index contributed by atoms with van der Waals surface area (Å²) in [4.78, 5) is 26.0. The minimum Gasteiger partial charge on any atom is -0.480 e. The molecule has 0 aliphatic heterocycles. The normalized spacial score (nSPS) is 12.7. The van der Waals surface area contributed by atoms with Crippen molar-refractivity contribution in [2.45, 2.75) is 12.5 Å². The summed E-state index contributed by atoms with van der Waals surface area (Å²) in [6, 6.07) is -1.38. The molecule has 0 aliphatic rings. The van der Waals surface area contributed by atoms with Crippen molar-refractivity contribution in [1.82, 2.24) is 10.3 Å². The molecule has 112 valence electrons. The first-order chi connectivity index (χ1) is 9.21. The number of anilines is 1. The van der Waals surface area contributed by atoms with Gasteiger partial charge in [-0.1, -0.05) is 0 Å². The maximum atomic E-state index is 11.5. The lowest BCUT2D eigenvalue weighted by molar-refractivity contribution is -0.142. The molecule has 0 saturated heterocycles. The summed E-state index contributed by atoms with van der Waals surface area (Å²) in [7, 11) is -3.44. The van der Waals surface area contributed by atoms with Crippen molar-refractivity contribution in [3.8, 4) is 0 Å². The molecule has 1 heterocycles. The number of amides is 1. The molecule has 0 saturated carbocycles. The van der Waals surface area contributed by atoms with E-state index in [0.717, 1.165) is 17.6 Å². The highest BCUT2D eigenvalue weighted by Gasteiger charge is 2.19. The number of carbonyl (C=O) groups excluding carboxylic acids is 1. The number of nitrogens with one attached hydrogen (secondary N) is 2. The molecule has 9 nitrogen and oxygen atoms in total. The summed E-state index contributed by atoms with van der Waals surface area (Å²) < 4.78 is 24.1. The van der Waals surface area contributed by atoms with Crippen LogP contribution in [0.5, 0.6) is 0 Å². The van der Waals surface area contributed by atoms with Crippen LogP contribution in [0.15, 0.2) is 5.38 Å². The third-order valence-electron chi connectivity index (χ3n) is 1.98.